The molecule has 1 amide bonds. The Bertz CT molecular complexity index is 1940. The summed E-state index contributed by atoms with van der Waals surface area (Å²) in [6, 6.07) is 12.6. The molecule has 1 saturated heterocycles. The number of carbonyl (C=O) groups excluding carboxylic acids is 1. The second kappa shape index (κ2) is 10.3. The van der Waals surface area contributed by atoms with E-state index < -0.39 is 12.2 Å². The third kappa shape index (κ3) is 4.87. The summed E-state index contributed by atoms with van der Waals surface area (Å²) < 4.78 is 25.7. The molecule has 7 rings (SSSR count). The molecule has 11 heteroatoms. The second-order valence-electron chi connectivity index (χ2n) is 11.9. The van der Waals surface area contributed by atoms with Crippen molar-refractivity contribution in [2.75, 3.05) is 20.2 Å². The van der Waals surface area contributed by atoms with Crippen LogP contribution < -0.4 is 16.0 Å². The van der Waals surface area contributed by atoms with E-state index in [1.165, 1.54) is 9.47 Å². The molecule has 1 aliphatic carbocycles. The van der Waals surface area contributed by atoms with Crippen molar-refractivity contribution in [1.82, 2.24) is 28.6 Å². The number of methoxy groups -OCH3 is 1. The smallest absolute Gasteiger partial charge is 0.254 e. The van der Waals surface area contributed by atoms with Gasteiger partial charge in [0.25, 0.3) is 11.5 Å². The lowest BCUT2D eigenvalue weighted by molar-refractivity contribution is 0.0606. The highest BCUT2D eigenvalue weighted by molar-refractivity contribution is 6.00. The molecule has 0 bridgehead atoms. The molecule has 10 nitrogen and oxygen atoms in total. The summed E-state index contributed by atoms with van der Waals surface area (Å²) in [6.07, 6.45) is 3.18. The van der Waals surface area contributed by atoms with Gasteiger partial charge in [0.2, 0.25) is 0 Å². The van der Waals surface area contributed by atoms with Crippen LogP contribution in [0, 0.1) is 5.92 Å². The molecule has 2 aliphatic rings. The van der Waals surface area contributed by atoms with Crippen molar-refractivity contribution in [2.45, 2.75) is 38.0 Å². The van der Waals surface area contributed by atoms with Crippen LogP contribution >= 0.6 is 0 Å². The first kappa shape index (κ1) is 27.3. The number of nitrogens with zero attached hydrogens (tertiary/aromatic N) is 6. The van der Waals surface area contributed by atoms with Crippen LogP contribution in [0.1, 0.15) is 29.6 Å². The first-order valence-electron chi connectivity index (χ1n) is 14.6. The second-order valence-corrected chi connectivity index (χ2v) is 11.9. The summed E-state index contributed by atoms with van der Waals surface area (Å²) in [6.45, 7) is 1.13. The number of piperidine rings is 1. The number of rotatable bonds is 6. The van der Waals surface area contributed by atoms with Gasteiger partial charge in [-0.2, -0.15) is 0 Å². The summed E-state index contributed by atoms with van der Waals surface area (Å²) >= 11 is 0. The van der Waals surface area contributed by atoms with E-state index in [0.717, 1.165) is 58.7 Å². The third-order valence-corrected chi connectivity index (χ3v) is 8.63. The molecule has 0 unspecified atom stereocenters. The maximum atomic E-state index is 14.2. The summed E-state index contributed by atoms with van der Waals surface area (Å²) in [7, 11) is 5.23. The number of likely N-dealkylation sites (tertiary alicyclic amines) is 1. The molecule has 5 aromatic rings. The molecule has 2 fully saturated rings. The Morgan fingerprint density at radius 1 is 1.09 bits per heavy atom. The fourth-order valence-corrected chi connectivity index (χ4v) is 6.17. The van der Waals surface area contributed by atoms with Gasteiger partial charge in [-0.3, -0.25) is 9.59 Å². The van der Waals surface area contributed by atoms with Crippen LogP contribution in [0.2, 0.25) is 0 Å². The minimum Gasteiger partial charge on any atom is -0.494 e. The molecule has 0 radical (unpaired) electrons. The largest absolute Gasteiger partial charge is 0.494 e. The molecule has 1 aromatic carbocycles. The standard InChI is InChI=1S/C32H34FN7O3/c1-37-9-8-19(13-28(37)41)24-7-6-20-11-26(40(30(20)35-24)15-18-4-5-18)31-36-25-10-21(12-27(43-3)29(25)38(31)2)32(42)39-16-22(33)14-23(34)17-39/h6-13,18,22-23H,4-5,14-17,34H2,1-3H3/t22-,23-/m1/s1. The van der Waals surface area contributed by atoms with E-state index in [2.05, 4.69) is 10.6 Å². The van der Waals surface area contributed by atoms with Crippen molar-refractivity contribution in [3.8, 4) is 28.5 Å². The number of fused-ring (bicyclic) bond motifs is 2. The average molecular weight is 584 g/mol. The Labute approximate surface area is 247 Å². The number of hydrogen-bond acceptors (Lipinski definition) is 6. The zero-order valence-corrected chi connectivity index (χ0v) is 24.5. The molecule has 43 heavy (non-hydrogen) atoms. The number of benzene rings is 1. The molecule has 222 valence electrons. The predicted molar refractivity (Wildman–Crippen MR) is 163 cm³/mol. The van der Waals surface area contributed by atoms with Crippen LogP contribution in [0.15, 0.2) is 53.5 Å². The maximum Gasteiger partial charge on any atom is 0.254 e. The van der Waals surface area contributed by atoms with Gasteiger partial charge in [0, 0.05) is 62.0 Å². The summed E-state index contributed by atoms with van der Waals surface area (Å²) in [4.78, 5) is 37.3. The van der Waals surface area contributed by atoms with Crippen LogP contribution in [-0.4, -0.2) is 66.9 Å². The van der Waals surface area contributed by atoms with Crippen LogP contribution in [0.25, 0.3) is 44.8 Å². The van der Waals surface area contributed by atoms with Gasteiger partial charge >= 0.3 is 0 Å². The highest BCUT2D eigenvalue weighted by Gasteiger charge is 2.30. The highest BCUT2D eigenvalue weighted by atomic mass is 19.1. The van der Waals surface area contributed by atoms with Crippen molar-refractivity contribution in [3.63, 3.8) is 0 Å². The van der Waals surface area contributed by atoms with Crippen molar-refractivity contribution in [3.05, 3.63) is 64.6 Å². The molecular formula is C32H34FN7O3. The monoisotopic (exact) mass is 583 g/mol. The molecule has 1 aliphatic heterocycles. The number of ether oxygens (including phenoxy) is 1. The van der Waals surface area contributed by atoms with Gasteiger partial charge in [0.1, 0.15) is 23.1 Å². The first-order chi connectivity index (χ1) is 20.7. The lowest BCUT2D eigenvalue weighted by Gasteiger charge is -2.33. The molecule has 2 N–H and O–H groups in total. The molecule has 2 atom stereocenters. The first-order valence-corrected chi connectivity index (χ1v) is 14.6. The van der Waals surface area contributed by atoms with Crippen LogP contribution in [0.3, 0.4) is 0 Å². The zero-order valence-electron chi connectivity index (χ0n) is 24.5. The number of aromatic nitrogens is 5. The Morgan fingerprint density at radius 2 is 1.91 bits per heavy atom. The lowest BCUT2D eigenvalue weighted by Crippen LogP contribution is -2.50. The Balaban J connectivity index is 1.34. The van der Waals surface area contributed by atoms with Gasteiger partial charge in [0.15, 0.2) is 5.82 Å². The summed E-state index contributed by atoms with van der Waals surface area (Å²) in [5.74, 6) is 1.50. The van der Waals surface area contributed by atoms with E-state index in [9.17, 15) is 14.0 Å². The van der Waals surface area contributed by atoms with E-state index >= 15 is 0 Å². The number of imidazole rings is 1. The van der Waals surface area contributed by atoms with Crippen LogP contribution in [-0.2, 0) is 20.6 Å². The molecule has 5 heterocycles. The molecule has 0 spiro atoms. The number of aryl methyl sites for hydroxylation is 2. The van der Waals surface area contributed by atoms with Gasteiger partial charge in [0.05, 0.1) is 30.6 Å². The van der Waals surface area contributed by atoms with Gasteiger partial charge < -0.3 is 29.1 Å². The lowest BCUT2D eigenvalue weighted by atomic mass is 10.0. The van der Waals surface area contributed by atoms with Gasteiger partial charge in [-0.15, -0.1) is 0 Å². The SMILES string of the molecule is COc1cc(C(=O)N2C[C@H](N)C[C@@H](F)C2)cc2nc(-c3cc4ccc(-c5ccn(C)c(=O)c5)nc4n3CC3CC3)n(C)c12. The summed E-state index contributed by atoms with van der Waals surface area (Å²) in [5.41, 5.74) is 10.9. The Kier molecular flexibility index (Phi) is 6.57. The number of pyridine rings is 2. The van der Waals surface area contributed by atoms with Gasteiger partial charge in [-0.25, -0.2) is 14.4 Å². The third-order valence-electron chi connectivity index (χ3n) is 8.63. The van der Waals surface area contributed by atoms with Gasteiger partial charge in [-0.05, 0) is 61.6 Å². The van der Waals surface area contributed by atoms with E-state index in [-0.39, 0.29) is 24.4 Å². The van der Waals surface area contributed by atoms with Crippen LogP contribution in [0.4, 0.5) is 4.39 Å². The van der Waals surface area contributed by atoms with Crippen molar-refractivity contribution in [2.24, 2.45) is 25.7 Å². The van der Waals surface area contributed by atoms with Crippen molar-refractivity contribution in [1.29, 1.82) is 0 Å². The normalized spacial score (nSPS) is 19.0. The quantitative estimate of drug-likeness (QED) is 0.325. The van der Waals surface area contributed by atoms with Crippen molar-refractivity contribution >= 4 is 28.0 Å². The number of alkyl halides is 1. The number of nitrogens with two attached hydrogens (primary N) is 1. The minimum atomic E-state index is -1.14. The topological polar surface area (TPSA) is 113 Å². The minimum absolute atomic E-state index is 0.0220. The zero-order chi connectivity index (χ0) is 30.0. The maximum absolute atomic E-state index is 14.2. The number of halogens is 1. The number of carbonyl (C=O) groups is 1. The molecular weight excluding hydrogens is 549 g/mol. The van der Waals surface area contributed by atoms with Crippen molar-refractivity contribution < 1.29 is 13.9 Å². The highest BCUT2D eigenvalue weighted by Crippen LogP contribution is 2.38. The van der Waals surface area contributed by atoms with Gasteiger partial charge in [-0.1, -0.05) is 0 Å². The number of amides is 1. The van der Waals surface area contributed by atoms with E-state index in [1.54, 1.807) is 38.6 Å². The number of hydrogen-bond donors (Lipinski definition) is 1. The summed E-state index contributed by atoms with van der Waals surface area (Å²) in [5, 5.41) is 0.973. The predicted octanol–water partition coefficient (Wildman–Crippen LogP) is 3.89. The fourth-order valence-electron chi connectivity index (χ4n) is 6.17. The fraction of sp³-hybridized carbons (Fsp3) is 0.375. The Hall–Kier alpha value is -4.51. The Morgan fingerprint density at radius 3 is 2.63 bits per heavy atom. The van der Waals surface area contributed by atoms with E-state index in [1.807, 2.05) is 29.8 Å². The molecule has 4 aromatic heterocycles. The average Bonchev–Trinajstić information content (AvgIpc) is 3.66. The van der Waals surface area contributed by atoms with E-state index in [0.29, 0.717) is 29.3 Å². The van der Waals surface area contributed by atoms with Crippen LogP contribution in [0.5, 0.6) is 5.75 Å². The molecule has 1 saturated carbocycles. The van der Waals surface area contributed by atoms with E-state index in [4.69, 9.17) is 20.4 Å².